The van der Waals surface area contributed by atoms with E-state index >= 15 is 0 Å². The van der Waals surface area contributed by atoms with Crippen molar-refractivity contribution in [3.8, 4) is 11.5 Å². The molecule has 2 rings (SSSR count). The molecular formula is C16H25NO3. The maximum atomic E-state index is 9.98. The summed E-state index contributed by atoms with van der Waals surface area (Å²) >= 11 is 0. The minimum atomic E-state index is -0.204. The first-order valence-corrected chi connectivity index (χ1v) is 7.30. The lowest BCUT2D eigenvalue weighted by Crippen LogP contribution is -2.51. The predicted octanol–water partition coefficient (Wildman–Crippen LogP) is 2.43. The molecule has 112 valence electrons. The van der Waals surface area contributed by atoms with Gasteiger partial charge < -0.3 is 20.3 Å². The second kappa shape index (κ2) is 6.46. The average molecular weight is 279 g/mol. The van der Waals surface area contributed by atoms with Crippen molar-refractivity contribution in [1.29, 1.82) is 0 Å². The van der Waals surface area contributed by atoms with E-state index in [0.717, 1.165) is 24.8 Å². The van der Waals surface area contributed by atoms with Gasteiger partial charge in [-0.3, -0.25) is 0 Å². The number of hydrogen-bond donors (Lipinski definition) is 3. The smallest absolute Gasteiger partial charge is 0.123 e. The van der Waals surface area contributed by atoms with Gasteiger partial charge in [0.15, 0.2) is 0 Å². The molecule has 4 nitrogen and oxygen atoms in total. The number of ether oxygens (including phenoxy) is 1. The Kier molecular flexibility index (Phi) is 4.89. The summed E-state index contributed by atoms with van der Waals surface area (Å²) in [5.41, 5.74) is 0.626. The topological polar surface area (TPSA) is 61.7 Å². The number of phenols is 1. The van der Waals surface area contributed by atoms with Crippen molar-refractivity contribution < 1.29 is 14.9 Å². The van der Waals surface area contributed by atoms with Gasteiger partial charge in [-0.15, -0.1) is 0 Å². The fourth-order valence-electron chi connectivity index (χ4n) is 3.12. The van der Waals surface area contributed by atoms with E-state index in [-0.39, 0.29) is 17.9 Å². The van der Waals surface area contributed by atoms with Crippen molar-refractivity contribution >= 4 is 0 Å². The van der Waals surface area contributed by atoms with Crippen LogP contribution in [0.2, 0.25) is 0 Å². The number of methoxy groups -OCH3 is 1. The maximum absolute atomic E-state index is 9.98. The van der Waals surface area contributed by atoms with Crippen molar-refractivity contribution in [3.05, 3.63) is 23.8 Å². The van der Waals surface area contributed by atoms with Gasteiger partial charge in [0.1, 0.15) is 11.5 Å². The lowest BCUT2D eigenvalue weighted by molar-refractivity contribution is 0.0980. The summed E-state index contributed by atoms with van der Waals surface area (Å²) in [6.45, 7) is 2.94. The van der Waals surface area contributed by atoms with Gasteiger partial charge in [-0.2, -0.15) is 0 Å². The van der Waals surface area contributed by atoms with Gasteiger partial charge in [-0.1, -0.05) is 25.8 Å². The third kappa shape index (κ3) is 3.44. The van der Waals surface area contributed by atoms with Gasteiger partial charge in [0, 0.05) is 23.7 Å². The molecule has 3 N–H and O–H groups in total. The molecule has 1 aliphatic carbocycles. The van der Waals surface area contributed by atoms with E-state index in [2.05, 4.69) is 12.2 Å². The highest BCUT2D eigenvalue weighted by atomic mass is 16.5. The highest BCUT2D eigenvalue weighted by Gasteiger charge is 2.33. The first kappa shape index (κ1) is 15.1. The van der Waals surface area contributed by atoms with E-state index in [1.807, 2.05) is 12.1 Å². The number of aliphatic hydroxyl groups is 1. The molecule has 1 fully saturated rings. The minimum absolute atomic E-state index is 0.147. The van der Waals surface area contributed by atoms with Crippen LogP contribution in [-0.4, -0.2) is 29.5 Å². The molecule has 0 amide bonds. The lowest BCUT2D eigenvalue weighted by atomic mass is 9.77. The molecule has 1 aromatic rings. The Labute approximate surface area is 120 Å². The second-order valence-electron chi connectivity index (χ2n) is 5.99. The van der Waals surface area contributed by atoms with E-state index in [0.29, 0.717) is 18.2 Å². The number of benzene rings is 1. The Morgan fingerprint density at radius 2 is 2.25 bits per heavy atom. The molecule has 1 aromatic carbocycles. The molecule has 2 unspecified atom stereocenters. The molecule has 4 heteroatoms. The molecule has 1 saturated carbocycles. The van der Waals surface area contributed by atoms with Gasteiger partial charge in [0.2, 0.25) is 0 Å². The van der Waals surface area contributed by atoms with Crippen LogP contribution in [0.25, 0.3) is 0 Å². The molecule has 2 atom stereocenters. The van der Waals surface area contributed by atoms with Crippen molar-refractivity contribution in [2.75, 3.05) is 13.7 Å². The fourth-order valence-corrected chi connectivity index (χ4v) is 3.12. The number of aliphatic hydroxyl groups excluding tert-OH is 1. The lowest BCUT2D eigenvalue weighted by Gasteiger charge is -2.39. The van der Waals surface area contributed by atoms with Crippen molar-refractivity contribution in [1.82, 2.24) is 5.32 Å². The van der Waals surface area contributed by atoms with Gasteiger partial charge in [0.25, 0.3) is 0 Å². The third-order valence-corrected chi connectivity index (χ3v) is 4.34. The Bertz CT molecular complexity index is 449. The van der Waals surface area contributed by atoms with Crippen molar-refractivity contribution in [3.63, 3.8) is 0 Å². The summed E-state index contributed by atoms with van der Waals surface area (Å²) < 4.78 is 5.08. The summed E-state index contributed by atoms with van der Waals surface area (Å²) in [4.78, 5) is 0. The van der Waals surface area contributed by atoms with Crippen LogP contribution in [0, 0.1) is 5.92 Å². The predicted molar refractivity (Wildman–Crippen MR) is 78.9 cm³/mol. The highest BCUT2D eigenvalue weighted by Crippen LogP contribution is 2.33. The molecule has 0 heterocycles. The zero-order valence-electron chi connectivity index (χ0n) is 12.4. The van der Waals surface area contributed by atoms with Crippen LogP contribution in [0.5, 0.6) is 11.5 Å². The van der Waals surface area contributed by atoms with Crippen LogP contribution in [0.3, 0.4) is 0 Å². The Morgan fingerprint density at radius 1 is 1.45 bits per heavy atom. The molecule has 0 spiro atoms. The van der Waals surface area contributed by atoms with Crippen LogP contribution in [0.4, 0.5) is 0 Å². The van der Waals surface area contributed by atoms with Crippen molar-refractivity contribution in [2.24, 2.45) is 5.92 Å². The van der Waals surface area contributed by atoms with Gasteiger partial charge in [0.05, 0.1) is 13.7 Å². The van der Waals surface area contributed by atoms with Crippen LogP contribution in [0.15, 0.2) is 18.2 Å². The van der Waals surface area contributed by atoms with Gasteiger partial charge >= 0.3 is 0 Å². The minimum Gasteiger partial charge on any atom is -0.507 e. The third-order valence-electron chi connectivity index (χ3n) is 4.34. The van der Waals surface area contributed by atoms with E-state index in [1.54, 1.807) is 13.2 Å². The standard InChI is InChI=1S/C16H25NO3/c1-12-4-3-7-16(9-12,11-18)17-10-13-5-6-14(20-2)8-15(13)19/h5-6,8,12,17-19H,3-4,7,9-11H2,1-2H3. The van der Waals surface area contributed by atoms with Crippen LogP contribution < -0.4 is 10.1 Å². The summed E-state index contributed by atoms with van der Waals surface area (Å²) in [7, 11) is 1.58. The summed E-state index contributed by atoms with van der Waals surface area (Å²) in [6, 6.07) is 5.32. The van der Waals surface area contributed by atoms with Crippen molar-refractivity contribution in [2.45, 2.75) is 44.7 Å². The summed E-state index contributed by atoms with van der Waals surface area (Å²) in [5.74, 6) is 1.51. The first-order chi connectivity index (χ1) is 9.58. The molecule has 20 heavy (non-hydrogen) atoms. The zero-order chi connectivity index (χ0) is 14.6. The van der Waals surface area contributed by atoms with Crippen LogP contribution in [0.1, 0.15) is 38.2 Å². The monoisotopic (exact) mass is 279 g/mol. The largest absolute Gasteiger partial charge is 0.507 e. The number of phenolic OH excluding ortho intramolecular Hbond substituents is 1. The van der Waals surface area contributed by atoms with E-state index in [1.165, 1.54) is 6.42 Å². The number of aromatic hydroxyl groups is 1. The quantitative estimate of drug-likeness (QED) is 0.774. The number of hydrogen-bond acceptors (Lipinski definition) is 4. The molecule has 1 aliphatic rings. The summed E-state index contributed by atoms with van der Waals surface area (Å²) in [5, 5.41) is 23.2. The molecule has 0 aliphatic heterocycles. The Hall–Kier alpha value is -1.26. The SMILES string of the molecule is COc1ccc(CNC2(CO)CCCC(C)C2)c(O)c1. The molecule has 0 saturated heterocycles. The number of rotatable bonds is 5. The molecular weight excluding hydrogens is 254 g/mol. The van der Waals surface area contributed by atoms with Crippen LogP contribution in [-0.2, 0) is 6.54 Å². The van der Waals surface area contributed by atoms with Crippen LogP contribution >= 0.6 is 0 Å². The zero-order valence-corrected chi connectivity index (χ0v) is 12.4. The number of nitrogens with one attached hydrogen (secondary N) is 1. The van der Waals surface area contributed by atoms with Gasteiger partial charge in [-0.25, -0.2) is 0 Å². The maximum Gasteiger partial charge on any atom is 0.123 e. The van der Waals surface area contributed by atoms with E-state index in [4.69, 9.17) is 4.74 Å². The van der Waals surface area contributed by atoms with Gasteiger partial charge in [-0.05, 0) is 24.8 Å². The fraction of sp³-hybridized carbons (Fsp3) is 0.625. The Morgan fingerprint density at radius 3 is 2.85 bits per heavy atom. The van der Waals surface area contributed by atoms with E-state index < -0.39 is 0 Å². The second-order valence-corrected chi connectivity index (χ2v) is 5.99. The molecule has 0 bridgehead atoms. The molecule has 0 radical (unpaired) electrons. The van der Waals surface area contributed by atoms with E-state index in [9.17, 15) is 10.2 Å². The Balaban J connectivity index is 2.03. The highest BCUT2D eigenvalue weighted by molar-refractivity contribution is 5.39. The normalized spacial score (nSPS) is 26.4. The summed E-state index contributed by atoms with van der Waals surface area (Å²) in [6.07, 6.45) is 4.35. The average Bonchev–Trinajstić information content (AvgIpc) is 2.46. The molecule has 0 aromatic heterocycles. The first-order valence-electron chi connectivity index (χ1n) is 7.30.